The van der Waals surface area contributed by atoms with Gasteiger partial charge in [-0.1, -0.05) is 59.6 Å². The summed E-state index contributed by atoms with van der Waals surface area (Å²) in [4.78, 5) is 0. The molecule has 4 heteroatoms. The van der Waals surface area contributed by atoms with Crippen LogP contribution in [0.25, 0.3) is 0 Å². The fourth-order valence-electron chi connectivity index (χ4n) is 3.21. The average molecular weight is 335 g/mol. The third kappa shape index (κ3) is 2.37. The second-order valence-electron chi connectivity index (χ2n) is 5.84. The quantitative estimate of drug-likeness (QED) is 0.798. The van der Waals surface area contributed by atoms with Gasteiger partial charge in [-0.25, -0.2) is 0 Å². The Morgan fingerprint density at radius 2 is 1.05 bits per heavy atom. The van der Waals surface area contributed by atoms with Crippen molar-refractivity contribution in [3.8, 4) is 0 Å². The molecule has 1 saturated carbocycles. The second-order valence-corrected chi connectivity index (χ2v) is 6.71. The van der Waals surface area contributed by atoms with Crippen molar-refractivity contribution in [2.75, 3.05) is 0 Å². The van der Waals surface area contributed by atoms with E-state index >= 15 is 0 Å². The Morgan fingerprint density at radius 3 is 1.36 bits per heavy atom. The molecule has 1 aliphatic rings. The van der Waals surface area contributed by atoms with E-state index in [-0.39, 0.29) is 0 Å². The Bertz CT molecular complexity index is 647. The van der Waals surface area contributed by atoms with Gasteiger partial charge in [-0.15, -0.1) is 0 Å². The zero-order valence-electron chi connectivity index (χ0n) is 11.9. The highest BCUT2D eigenvalue weighted by Crippen LogP contribution is 2.54. The first-order chi connectivity index (χ1) is 10.3. The van der Waals surface area contributed by atoms with Crippen LogP contribution in [0.2, 0.25) is 10.0 Å². The molecular weight excluding hydrogens is 319 g/mol. The molecule has 0 amide bonds. The lowest BCUT2D eigenvalue weighted by atomic mass is 9.76. The summed E-state index contributed by atoms with van der Waals surface area (Å²) in [5, 5.41) is 23.7. The molecule has 0 spiro atoms. The van der Waals surface area contributed by atoms with Crippen molar-refractivity contribution in [3.05, 3.63) is 81.9 Å². The maximum Gasteiger partial charge on any atom is 0.126 e. The van der Waals surface area contributed by atoms with Gasteiger partial charge in [0.1, 0.15) is 11.2 Å². The lowest BCUT2D eigenvalue weighted by Crippen LogP contribution is -2.45. The third-order valence-electron chi connectivity index (χ3n) is 4.34. The van der Waals surface area contributed by atoms with Crippen molar-refractivity contribution in [1.29, 1.82) is 0 Å². The first-order valence-electron chi connectivity index (χ1n) is 6.99. The van der Waals surface area contributed by atoms with Crippen molar-refractivity contribution in [3.63, 3.8) is 0 Å². The van der Waals surface area contributed by atoms with Crippen molar-refractivity contribution in [1.82, 2.24) is 0 Å². The smallest absolute Gasteiger partial charge is 0.126 e. The minimum absolute atomic E-state index is 0.299. The first kappa shape index (κ1) is 15.6. The van der Waals surface area contributed by atoms with Gasteiger partial charge in [0.25, 0.3) is 0 Å². The van der Waals surface area contributed by atoms with Gasteiger partial charge in [-0.05, 0) is 35.4 Å². The minimum Gasteiger partial charge on any atom is -0.381 e. The first-order valence-corrected chi connectivity index (χ1v) is 7.74. The highest BCUT2D eigenvalue weighted by atomic mass is 35.5. The highest BCUT2D eigenvalue weighted by Gasteiger charge is 2.56. The fourth-order valence-corrected chi connectivity index (χ4v) is 3.46. The maximum absolute atomic E-state index is 11.3. The molecule has 114 valence electrons. The largest absolute Gasteiger partial charge is 0.381 e. The molecule has 2 aromatic carbocycles. The van der Waals surface area contributed by atoms with Gasteiger partial charge in [0, 0.05) is 22.9 Å². The minimum atomic E-state index is -1.44. The monoisotopic (exact) mass is 334 g/mol. The third-order valence-corrected chi connectivity index (χ3v) is 4.84. The highest BCUT2D eigenvalue weighted by molar-refractivity contribution is 6.30. The number of hydrogen-bond donors (Lipinski definition) is 2. The summed E-state index contributed by atoms with van der Waals surface area (Å²) in [5.74, 6) is 0. The van der Waals surface area contributed by atoms with Crippen LogP contribution in [-0.2, 0) is 11.2 Å². The Balaban J connectivity index is 2.13. The molecule has 2 nitrogen and oxygen atoms in total. The van der Waals surface area contributed by atoms with Gasteiger partial charge in [-0.2, -0.15) is 0 Å². The SMILES string of the molecule is C=C1C[C@@](O)(c2ccc(Cl)cc2)[C@](O)(c2ccc(Cl)cc2)C1. The number of aliphatic hydroxyl groups is 2. The zero-order chi connectivity index (χ0) is 16.0. The molecule has 0 heterocycles. The van der Waals surface area contributed by atoms with E-state index in [1.807, 2.05) is 0 Å². The van der Waals surface area contributed by atoms with E-state index in [0.717, 1.165) is 5.57 Å². The maximum atomic E-state index is 11.3. The molecule has 0 aromatic heterocycles. The van der Waals surface area contributed by atoms with Gasteiger partial charge < -0.3 is 10.2 Å². The van der Waals surface area contributed by atoms with Crippen molar-refractivity contribution in [2.45, 2.75) is 24.0 Å². The van der Waals surface area contributed by atoms with Crippen LogP contribution in [0, 0.1) is 0 Å². The second kappa shape index (κ2) is 5.39. The molecule has 1 aliphatic carbocycles. The van der Waals surface area contributed by atoms with E-state index in [9.17, 15) is 10.2 Å². The molecule has 3 rings (SSSR count). The van der Waals surface area contributed by atoms with E-state index in [0.29, 0.717) is 34.0 Å². The topological polar surface area (TPSA) is 40.5 Å². The van der Waals surface area contributed by atoms with Crippen molar-refractivity contribution >= 4 is 23.2 Å². The molecule has 2 atom stereocenters. The van der Waals surface area contributed by atoms with Crippen LogP contribution in [0.3, 0.4) is 0 Å². The van der Waals surface area contributed by atoms with Crippen LogP contribution < -0.4 is 0 Å². The van der Waals surface area contributed by atoms with E-state index in [1.54, 1.807) is 48.5 Å². The van der Waals surface area contributed by atoms with Gasteiger partial charge in [0.15, 0.2) is 0 Å². The van der Waals surface area contributed by atoms with Crippen molar-refractivity contribution in [2.24, 2.45) is 0 Å². The Hall–Kier alpha value is -1.32. The van der Waals surface area contributed by atoms with Crippen LogP contribution in [0.4, 0.5) is 0 Å². The van der Waals surface area contributed by atoms with Gasteiger partial charge >= 0.3 is 0 Å². The number of halogens is 2. The summed E-state index contributed by atoms with van der Waals surface area (Å²) < 4.78 is 0. The number of benzene rings is 2. The van der Waals surface area contributed by atoms with E-state index in [2.05, 4.69) is 6.58 Å². The lowest BCUT2D eigenvalue weighted by molar-refractivity contribution is -0.143. The van der Waals surface area contributed by atoms with Gasteiger partial charge in [-0.3, -0.25) is 0 Å². The van der Waals surface area contributed by atoms with Crippen LogP contribution in [0.15, 0.2) is 60.7 Å². The van der Waals surface area contributed by atoms with Gasteiger partial charge in [0.2, 0.25) is 0 Å². The fraction of sp³-hybridized carbons (Fsp3) is 0.222. The van der Waals surface area contributed by atoms with E-state index in [4.69, 9.17) is 23.2 Å². The van der Waals surface area contributed by atoms with E-state index < -0.39 is 11.2 Å². The van der Waals surface area contributed by atoms with Gasteiger partial charge in [0.05, 0.1) is 0 Å². The number of hydrogen-bond acceptors (Lipinski definition) is 2. The summed E-state index contributed by atoms with van der Waals surface area (Å²) in [7, 11) is 0. The molecule has 0 radical (unpaired) electrons. The summed E-state index contributed by atoms with van der Waals surface area (Å²) in [5.41, 5.74) is -0.846. The molecule has 0 bridgehead atoms. The molecule has 0 aliphatic heterocycles. The average Bonchev–Trinajstić information content (AvgIpc) is 2.71. The Kier molecular flexibility index (Phi) is 3.82. The zero-order valence-corrected chi connectivity index (χ0v) is 13.4. The summed E-state index contributed by atoms with van der Waals surface area (Å²) >= 11 is 11.8. The molecule has 0 saturated heterocycles. The molecule has 22 heavy (non-hydrogen) atoms. The molecular formula is C18H16Cl2O2. The standard InChI is InChI=1S/C18H16Cl2O2/c1-12-10-17(21,13-2-6-15(19)7-3-13)18(22,11-12)14-4-8-16(20)9-5-14/h2-9,21-22H,1,10-11H2/t17-,18-/m1/s1. The lowest BCUT2D eigenvalue weighted by Gasteiger charge is -2.38. The summed E-state index contributed by atoms with van der Waals surface area (Å²) in [6.07, 6.45) is 0.599. The molecule has 2 aromatic rings. The molecule has 0 unspecified atom stereocenters. The van der Waals surface area contributed by atoms with Crippen LogP contribution in [0.1, 0.15) is 24.0 Å². The van der Waals surface area contributed by atoms with Crippen LogP contribution in [-0.4, -0.2) is 10.2 Å². The Morgan fingerprint density at radius 1 is 0.727 bits per heavy atom. The Labute approximate surface area is 139 Å². The van der Waals surface area contributed by atoms with Crippen LogP contribution in [0.5, 0.6) is 0 Å². The summed E-state index contributed by atoms with van der Waals surface area (Å²) in [6, 6.07) is 13.8. The number of rotatable bonds is 2. The predicted octanol–water partition coefficient (Wildman–Crippen LogP) is 4.42. The summed E-state index contributed by atoms with van der Waals surface area (Å²) in [6.45, 7) is 3.96. The van der Waals surface area contributed by atoms with Crippen molar-refractivity contribution < 1.29 is 10.2 Å². The predicted molar refractivity (Wildman–Crippen MR) is 89.1 cm³/mol. The molecule has 2 N–H and O–H groups in total. The van der Waals surface area contributed by atoms with E-state index in [1.165, 1.54) is 0 Å². The van der Waals surface area contributed by atoms with Crippen LogP contribution >= 0.6 is 23.2 Å². The normalized spacial score (nSPS) is 28.1. The molecule has 1 fully saturated rings.